The zero-order valence-corrected chi connectivity index (χ0v) is 11.7. The van der Waals surface area contributed by atoms with Crippen LogP contribution in [0, 0.1) is 6.92 Å². The molecule has 3 N–H and O–H groups in total. The van der Waals surface area contributed by atoms with E-state index in [2.05, 4.69) is 5.32 Å². The van der Waals surface area contributed by atoms with Gasteiger partial charge in [-0.2, -0.15) is 0 Å². The highest BCUT2D eigenvalue weighted by Gasteiger charge is 2.26. The maximum Gasteiger partial charge on any atom is 0.251 e. The van der Waals surface area contributed by atoms with Crippen molar-refractivity contribution in [2.24, 2.45) is 0 Å². The van der Waals surface area contributed by atoms with Crippen LogP contribution in [0.15, 0.2) is 18.2 Å². The van der Waals surface area contributed by atoms with Crippen molar-refractivity contribution in [1.29, 1.82) is 0 Å². The van der Waals surface area contributed by atoms with Gasteiger partial charge in [0.05, 0.1) is 11.5 Å². The molecule has 1 heterocycles. The van der Waals surface area contributed by atoms with Crippen LogP contribution in [0.4, 0.5) is 5.69 Å². The lowest BCUT2D eigenvalue weighted by atomic mass is 10.1. The van der Waals surface area contributed by atoms with E-state index in [9.17, 15) is 13.2 Å². The third kappa shape index (κ3) is 3.47. The van der Waals surface area contributed by atoms with Crippen LogP contribution >= 0.6 is 0 Å². The largest absolute Gasteiger partial charge is 0.399 e. The number of aryl methyl sites for hydroxylation is 1. The summed E-state index contributed by atoms with van der Waals surface area (Å²) in [4.78, 5) is 12.1. The van der Waals surface area contributed by atoms with Crippen molar-refractivity contribution in [1.82, 2.24) is 5.32 Å². The Balaban J connectivity index is 2.11. The first-order valence-corrected chi connectivity index (χ1v) is 8.07. The Labute approximate surface area is 113 Å². The van der Waals surface area contributed by atoms with Crippen molar-refractivity contribution in [2.45, 2.75) is 25.8 Å². The molecule has 2 rings (SSSR count). The van der Waals surface area contributed by atoms with E-state index in [0.29, 0.717) is 24.1 Å². The van der Waals surface area contributed by atoms with Gasteiger partial charge in [-0.1, -0.05) is 6.07 Å². The number of hydrogen-bond acceptors (Lipinski definition) is 4. The van der Waals surface area contributed by atoms with Crippen molar-refractivity contribution in [3.05, 3.63) is 29.3 Å². The fourth-order valence-corrected chi connectivity index (χ4v) is 3.92. The molecule has 0 aromatic heterocycles. The molecular weight excluding hydrogens is 264 g/mol. The van der Waals surface area contributed by atoms with Crippen LogP contribution in [0.2, 0.25) is 0 Å². The summed E-state index contributed by atoms with van der Waals surface area (Å²) < 4.78 is 23.1. The van der Waals surface area contributed by atoms with Gasteiger partial charge in [-0.05, 0) is 37.5 Å². The molecule has 1 fully saturated rings. The van der Waals surface area contributed by atoms with E-state index in [1.54, 1.807) is 18.2 Å². The highest BCUT2D eigenvalue weighted by Crippen LogP contribution is 2.15. The molecule has 0 saturated carbocycles. The average Bonchev–Trinajstić information content (AvgIpc) is 2.31. The Morgan fingerprint density at radius 2 is 2.16 bits per heavy atom. The molecule has 5 nitrogen and oxygen atoms in total. The van der Waals surface area contributed by atoms with Crippen LogP contribution in [0.3, 0.4) is 0 Å². The SMILES string of the molecule is Cc1ccc(N)cc1C(=O)NC1CCCS(=O)(=O)C1. The van der Waals surface area contributed by atoms with Gasteiger partial charge in [-0.3, -0.25) is 4.79 Å². The summed E-state index contributed by atoms with van der Waals surface area (Å²) in [6.45, 7) is 1.83. The molecule has 0 spiro atoms. The summed E-state index contributed by atoms with van der Waals surface area (Å²) in [6.07, 6.45) is 1.30. The zero-order chi connectivity index (χ0) is 14.0. The maximum absolute atomic E-state index is 12.1. The third-order valence-electron chi connectivity index (χ3n) is 3.30. The summed E-state index contributed by atoms with van der Waals surface area (Å²) in [5.41, 5.74) is 7.51. The van der Waals surface area contributed by atoms with Gasteiger partial charge in [0.15, 0.2) is 9.84 Å². The maximum atomic E-state index is 12.1. The number of rotatable bonds is 2. The fraction of sp³-hybridized carbons (Fsp3) is 0.462. The fourth-order valence-electron chi connectivity index (χ4n) is 2.28. The van der Waals surface area contributed by atoms with E-state index < -0.39 is 9.84 Å². The number of benzene rings is 1. The second-order valence-corrected chi connectivity index (χ2v) is 7.23. The Bertz CT molecular complexity index is 596. The van der Waals surface area contributed by atoms with Crippen molar-refractivity contribution in [3.63, 3.8) is 0 Å². The Morgan fingerprint density at radius 3 is 2.84 bits per heavy atom. The first-order valence-electron chi connectivity index (χ1n) is 6.25. The lowest BCUT2D eigenvalue weighted by molar-refractivity contribution is 0.0937. The minimum Gasteiger partial charge on any atom is -0.399 e. The van der Waals surface area contributed by atoms with Crippen LogP contribution in [-0.2, 0) is 9.84 Å². The smallest absolute Gasteiger partial charge is 0.251 e. The first-order chi connectivity index (χ1) is 8.87. The molecular formula is C13H18N2O3S. The molecule has 1 amide bonds. The third-order valence-corrected chi connectivity index (χ3v) is 5.13. The van der Waals surface area contributed by atoms with Gasteiger partial charge in [-0.25, -0.2) is 8.42 Å². The number of anilines is 1. The highest BCUT2D eigenvalue weighted by atomic mass is 32.2. The molecule has 1 atom stereocenters. The van der Waals surface area contributed by atoms with Gasteiger partial charge in [0.1, 0.15) is 0 Å². The van der Waals surface area contributed by atoms with Crippen molar-refractivity contribution in [2.75, 3.05) is 17.2 Å². The van der Waals surface area contributed by atoms with Gasteiger partial charge in [-0.15, -0.1) is 0 Å². The van der Waals surface area contributed by atoms with E-state index in [-0.39, 0.29) is 23.5 Å². The molecule has 104 valence electrons. The molecule has 0 bridgehead atoms. The van der Waals surface area contributed by atoms with E-state index in [1.165, 1.54) is 0 Å². The average molecular weight is 282 g/mol. The van der Waals surface area contributed by atoms with Gasteiger partial charge < -0.3 is 11.1 Å². The molecule has 1 aliphatic rings. The second-order valence-electron chi connectivity index (χ2n) is 5.00. The van der Waals surface area contributed by atoms with E-state index in [0.717, 1.165) is 5.56 Å². The Kier molecular flexibility index (Phi) is 3.80. The van der Waals surface area contributed by atoms with Crippen molar-refractivity contribution < 1.29 is 13.2 Å². The molecule has 1 aromatic rings. The van der Waals surface area contributed by atoms with Gasteiger partial charge in [0.25, 0.3) is 5.91 Å². The number of carbonyl (C=O) groups excluding carboxylic acids is 1. The molecule has 0 radical (unpaired) electrons. The second kappa shape index (κ2) is 5.21. The molecule has 1 aromatic carbocycles. The summed E-state index contributed by atoms with van der Waals surface area (Å²) >= 11 is 0. The van der Waals surface area contributed by atoms with Crippen LogP contribution in [0.25, 0.3) is 0 Å². The number of hydrogen-bond donors (Lipinski definition) is 2. The predicted molar refractivity (Wildman–Crippen MR) is 74.7 cm³/mol. The number of nitrogen functional groups attached to an aromatic ring is 1. The summed E-state index contributed by atoms with van der Waals surface area (Å²) in [5.74, 6) is -0.0107. The van der Waals surface area contributed by atoms with Crippen molar-refractivity contribution in [3.8, 4) is 0 Å². The highest BCUT2D eigenvalue weighted by molar-refractivity contribution is 7.91. The summed E-state index contributed by atoms with van der Waals surface area (Å²) in [6, 6.07) is 4.83. The lowest BCUT2D eigenvalue weighted by Gasteiger charge is -2.23. The monoisotopic (exact) mass is 282 g/mol. The van der Waals surface area contributed by atoms with Crippen LogP contribution in [0.5, 0.6) is 0 Å². The Morgan fingerprint density at radius 1 is 1.42 bits per heavy atom. The summed E-state index contributed by atoms with van der Waals surface area (Å²) in [5, 5.41) is 2.79. The number of nitrogens with one attached hydrogen (secondary N) is 1. The normalized spacial score (nSPS) is 21.8. The van der Waals surface area contributed by atoms with Gasteiger partial charge >= 0.3 is 0 Å². The standard InChI is InChI=1S/C13H18N2O3S/c1-9-4-5-10(14)7-12(9)13(16)15-11-3-2-6-19(17,18)8-11/h4-5,7,11H,2-3,6,8,14H2,1H3,(H,15,16). The Hall–Kier alpha value is -1.56. The minimum absolute atomic E-state index is 0.0279. The molecule has 0 aliphatic carbocycles. The molecule has 19 heavy (non-hydrogen) atoms. The minimum atomic E-state index is -3.02. The first kappa shape index (κ1) is 13.9. The molecule has 1 saturated heterocycles. The topological polar surface area (TPSA) is 89.3 Å². The number of nitrogens with two attached hydrogens (primary N) is 1. The molecule has 6 heteroatoms. The zero-order valence-electron chi connectivity index (χ0n) is 10.8. The van der Waals surface area contributed by atoms with E-state index >= 15 is 0 Å². The predicted octanol–water partition coefficient (Wildman–Crippen LogP) is 0.884. The lowest BCUT2D eigenvalue weighted by Crippen LogP contribution is -2.43. The number of carbonyl (C=O) groups is 1. The van der Waals surface area contributed by atoms with Crippen LogP contribution < -0.4 is 11.1 Å². The van der Waals surface area contributed by atoms with Crippen molar-refractivity contribution >= 4 is 21.4 Å². The van der Waals surface area contributed by atoms with Gasteiger partial charge in [0, 0.05) is 17.3 Å². The van der Waals surface area contributed by atoms with E-state index in [1.807, 2.05) is 6.92 Å². The molecule has 1 unspecified atom stereocenters. The summed E-state index contributed by atoms with van der Waals surface area (Å²) in [7, 11) is -3.02. The number of sulfone groups is 1. The van der Waals surface area contributed by atoms with E-state index in [4.69, 9.17) is 5.73 Å². The van der Waals surface area contributed by atoms with Crippen LogP contribution in [0.1, 0.15) is 28.8 Å². The number of amides is 1. The molecule has 1 aliphatic heterocycles. The quantitative estimate of drug-likeness (QED) is 0.788. The van der Waals surface area contributed by atoms with Gasteiger partial charge in [0.2, 0.25) is 0 Å². The van der Waals surface area contributed by atoms with Crippen LogP contribution in [-0.4, -0.2) is 31.9 Å².